The number of rotatable bonds is 19. The molecule has 0 spiro atoms. The van der Waals surface area contributed by atoms with Gasteiger partial charge >= 0.3 is 0 Å². The molecule has 14 aromatic rings. The predicted octanol–water partition coefficient (Wildman–Crippen LogP) is 20.4. The number of hydrogen-bond acceptors (Lipinski definition) is 17. The fraction of sp³-hybridized carbons (Fsp3) is 0.232. The molecule has 0 saturated heterocycles. The zero-order chi connectivity index (χ0) is 83.9. The maximum atomic E-state index is 12.6. The number of phenols is 1. The van der Waals surface area contributed by atoms with E-state index in [2.05, 4.69) is 128 Å². The van der Waals surface area contributed by atoms with Gasteiger partial charge in [0, 0.05) is 112 Å². The third kappa shape index (κ3) is 25.3. The molecule has 0 bridgehead atoms. The quantitative estimate of drug-likeness (QED) is 0.0190. The van der Waals surface area contributed by atoms with E-state index in [1.165, 1.54) is 34.1 Å². The van der Waals surface area contributed by atoms with Crippen molar-refractivity contribution >= 4 is 166 Å². The molecule has 119 heavy (non-hydrogen) atoms. The number of furan rings is 5. The number of nitrogens with zero attached hydrogens (tertiary/aromatic N) is 4. The summed E-state index contributed by atoms with van der Waals surface area (Å²) < 4.78 is 36.0. The molecule has 7 aromatic carbocycles. The number of pyridine rings is 2. The number of hydrogen-bond donors (Lipinski definition) is 6. The van der Waals surface area contributed by atoms with E-state index in [1.807, 2.05) is 191 Å². The topological polar surface area (TPSA) is 273 Å². The van der Waals surface area contributed by atoms with Gasteiger partial charge in [0.15, 0.2) is 12.0 Å². The number of carbonyl (C=O) groups excluding carboxylic acids is 5. The second kappa shape index (κ2) is 46.6. The molecule has 4 amide bonds. The number of ether oxygens (including phenoxy) is 1. The van der Waals surface area contributed by atoms with E-state index >= 15 is 0 Å². The summed E-state index contributed by atoms with van der Waals surface area (Å²) in [7, 11) is 5.45. The molecule has 0 aliphatic carbocycles. The third-order valence-electron chi connectivity index (χ3n) is 19.2. The average Bonchev–Trinajstić information content (AvgIpc) is 1.67. The van der Waals surface area contributed by atoms with E-state index in [9.17, 15) is 24.0 Å². The number of fused-ring (bicyclic) bond motifs is 7. The van der Waals surface area contributed by atoms with Gasteiger partial charge in [-0.15, -0.1) is 12.4 Å². The smallest absolute Gasteiger partial charge is 0.246 e. The number of likely N-dealkylation sites (N-methyl/N-ethyl adjacent to an activating group) is 2. The van der Waals surface area contributed by atoms with Crippen LogP contribution in [0.25, 0.3) is 67.0 Å². The van der Waals surface area contributed by atoms with Crippen molar-refractivity contribution in [3.63, 3.8) is 0 Å². The molecule has 0 saturated carbocycles. The van der Waals surface area contributed by atoms with Crippen molar-refractivity contribution in [3.8, 4) is 11.5 Å². The van der Waals surface area contributed by atoms with E-state index in [-0.39, 0.29) is 49.1 Å². The number of aryl methyl sites for hydroxylation is 5. The van der Waals surface area contributed by atoms with Crippen LogP contribution < -0.4 is 31.3 Å². The Morgan fingerprint density at radius 2 is 0.941 bits per heavy atom. The van der Waals surface area contributed by atoms with Crippen LogP contribution in [-0.2, 0) is 84.0 Å². The van der Waals surface area contributed by atoms with Crippen molar-refractivity contribution in [3.05, 3.63) is 305 Å². The zero-order valence-corrected chi connectivity index (χ0v) is 73.3. The molecule has 9 heterocycles. The first kappa shape index (κ1) is 91.4. The molecule has 618 valence electrons. The van der Waals surface area contributed by atoms with Gasteiger partial charge in [-0.25, -0.2) is 9.97 Å². The highest BCUT2D eigenvalue weighted by Gasteiger charge is 2.21. The molecule has 16 rings (SSSR count). The summed E-state index contributed by atoms with van der Waals surface area (Å²) in [6.07, 6.45) is 21.0. The summed E-state index contributed by atoms with van der Waals surface area (Å²) in [6.45, 7) is 16.3. The number of anilines is 2. The molecule has 21 nitrogen and oxygen atoms in total. The number of aromatic hydroxyl groups is 1. The summed E-state index contributed by atoms with van der Waals surface area (Å²) in [5.74, 6) is 5.11. The van der Waals surface area contributed by atoms with Crippen LogP contribution in [0, 0.1) is 7.14 Å². The number of amides is 4. The van der Waals surface area contributed by atoms with Gasteiger partial charge in [-0.3, -0.25) is 24.0 Å². The number of aromatic nitrogens is 2. The molecule has 0 unspecified atom stereocenters. The Morgan fingerprint density at radius 1 is 0.529 bits per heavy atom. The fourth-order valence-corrected chi connectivity index (χ4v) is 14.1. The molecule has 2 aliphatic heterocycles. The van der Waals surface area contributed by atoms with Gasteiger partial charge in [0.2, 0.25) is 23.6 Å². The van der Waals surface area contributed by atoms with Crippen LogP contribution in [0.15, 0.2) is 247 Å². The molecule has 24 heteroatoms. The minimum atomic E-state index is -0.126. The Hall–Kier alpha value is -11.5. The molecule has 0 radical (unpaired) electrons. The number of halogens is 3. The summed E-state index contributed by atoms with van der Waals surface area (Å²) in [5, 5.41) is 29.4. The Balaban J connectivity index is 0.000000167. The van der Waals surface area contributed by atoms with Crippen LogP contribution in [0.5, 0.6) is 11.5 Å². The first-order chi connectivity index (χ1) is 57.4. The van der Waals surface area contributed by atoms with Crippen molar-refractivity contribution in [1.29, 1.82) is 0 Å². The summed E-state index contributed by atoms with van der Waals surface area (Å²) in [4.78, 5) is 71.0. The highest BCUT2D eigenvalue weighted by molar-refractivity contribution is 14.1. The van der Waals surface area contributed by atoms with Crippen molar-refractivity contribution in [2.75, 3.05) is 51.5 Å². The summed E-state index contributed by atoms with van der Waals surface area (Å²) in [6, 6.07) is 58.9. The molecular weight excluding hydrogens is 1750 g/mol. The SMILES string of the molecule is C/C=C/COc1ccccc1I.CCc1c(C=O)oc2ccccc12.CCc1c(CN(C)C(=O)/C=C/c2cnc3c(c2)CNCC(=O)N3)oc2ccccc12.CCc1c(CN(C)C(=O)/C=C/c2cnc3c(c2)CNCC(=O)N3)oc2ccccc12.CCc1c(CNC)oc2ccccc12.CCc1coc2ccccc12.Cl.Oc1ccccc1I. The first-order valence-corrected chi connectivity index (χ1v) is 41.4. The maximum Gasteiger partial charge on any atom is 0.246 e. The largest absolute Gasteiger partial charge is 0.507 e. The first-order valence-electron chi connectivity index (χ1n) is 39.2. The van der Waals surface area contributed by atoms with Gasteiger partial charge in [-0.1, -0.05) is 162 Å². The lowest BCUT2D eigenvalue weighted by atomic mass is 10.1. The van der Waals surface area contributed by atoms with E-state index in [0.717, 1.165) is 158 Å². The minimum Gasteiger partial charge on any atom is -0.507 e. The van der Waals surface area contributed by atoms with Gasteiger partial charge in [0.1, 0.15) is 74.9 Å². The Labute approximate surface area is 726 Å². The number of carbonyl (C=O) groups is 5. The van der Waals surface area contributed by atoms with Crippen molar-refractivity contribution in [2.24, 2.45) is 0 Å². The van der Waals surface area contributed by atoms with Crippen molar-refractivity contribution in [2.45, 2.75) is 106 Å². The van der Waals surface area contributed by atoms with Gasteiger partial charge < -0.3 is 68.3 Å². The predicted molar refractivity (Wildman–Crippen MR) is 494 cm³/mol. The Kier molecular flexibility index (Phi) is 35.8. The van der Waals surface area contributed by atoms with Crippen molar-refractivity contribution in [1.82, 2.24) is 35.7 Å². The lowest BCUT2D eigenvalue weighted by molar-refractivity contribution is -0.126. The maximum absolute atomic E-state index is 12.6. The van der Waals surface area contributed by atoms with E-state index in [0.29, 0.717) is 55.9 Å². The highest BCUT2D eigenvalue weighted by atomic mass is 127. The summed E-state index contributed by atoms with van der Waals surface area (Å²) in [5.41, 5.74) is 13.7. The van der Waals surface area contributed by atoms with Crippen LogP contribution >= 0.6 is 57.6 Å². The van der Waals surface area contributed by atoms with Gasteiger partial charge in [0.25, 0.3) is 0 Å². The number of allylic oxidation sites excluding steroid dienone is 1. The van der Waals surface area contributed by atoms with Gasteiger partial charge in [0.05, 0.1) is 46.1 Å². The van der Waals surface area contributed by atoms with Crippen LogP contribution in [0.3, 0.4) is 0 Å². The van der Waals surface area contributed by atoms with Crippen LogP contribution in [0.4, 0.5) is 11.6 Å². The number of benzene rings is 7. The van der Waals surface area contributed by atoms with E-state index in [1.54, 1.807) is 60.6 Å². The lowest BCUT2D eigenvalue weighted by Crippen LogP contribution is -2.24. The Morgan fingerprint density at radius 3 is 1.37 bits per heavy atom. The summed E-state index contributed by atoms with van der Waals surface area (Å²) >= 11 is 4.34. The van der Waals surface area contributed by atoms with E-state index in [4.69, 9.17) is 31.9 Å². The second-order valence-electron chi connectivity index (χ2n) is 27.3. The zero-order valence-electron chi connectivity index (χ0n) is 68.2. The lowest BCUT2D eigenvalue weighted by Gasteiger charge is -2.14. The van der Waals surface area contributed by atoms with Crippen molar-refractivity contribution < 1.29 is 55.9 Å². The molecule has 6 N–H and O–H groups in total. The number of phenolic OH excluding ortho intramolecular Hbond substituents is 1. The average molecular weight is 1850 g/mol. The van der Waals surface area contributed by atoms with Gasteiger partial charge in [-0.05, 0) is 187 Å². The molecule has 2 aliphatic rings. The molecule has 7 aromatic heterocycles. The standard InChI is InChI=1S/2C23H24N4O3.C12H15NO.C11H10O2.C10H11IO.C10H10O.C6H5IO.ClH/c2*1-3-17-18-6-4-5-7-19(18)30-20(17)14-27(2)22(29)9-8-15-10-16-12-24-13-21(28)26-23(16)25-11-15;1-3-9-10-6-4-5-7-11(10)14-12(9)8-13-2;1-2-8-9-5-3-4-6-10(9)13-11(8)7-12;1-2-3-8-12-10-7-5-4-6-9(10)11;1-2-8-7-11-10-6-4-3-5-9(8)10;7-5-3-1-2-4-6(5)8;/h2*4-11,24H,3,12-14H2,1-2H3,(H,25,26,28);4-7,13H,3,8H2,1-2H3;3-7H,2H2,1H3;2-7H,8H2,1H3;3-7H,2H2,1H3;1-4,8H;1H/b2*9-8+;;;3-2+;;;. The normalized spacial score (nSPS) is 12.1. The monoisotopic (exact) mass is 1850 g/mol. The van der Waals surface area contributed by atoms with Gasteiger partial charge in [-0.2, -0.15) is 0 Å². The molecule has 0 atom stereocenters. The van der Waals surface area contributed by atoms with Crippen LogP contribution in [-0.4, -0.2) is 95.6 Å². The second-order valence-corrected chi connectivity index (χ2v) is 29.6. The fourth-order valence-electron chi connectivity index (χ4n) is 13.2. The van der Waals surface area contributed by atoms with Crippen LogP contribution in [0.2, 0.25) is 0 Å². The molecule has 0 fully saturated rings. The van der Waals surface area contributed by atoms with E-state index < -0.39 is 0 Å². The van der Waals surface area contributed by atoms with Crippen LogP contribution in [0.1, 0.15) is 119 Å². The highest BCUT2D eigenvalue weighted by Crippen LogP contribution is 2.32. The third-order valence-corrected chi connectivity index (χ3v) is 21.0. The number of aldehydes is 1. The molecular formula is C95H100ClI2N9O12. The Bertz CT molecular complexity index is 5620. The number of nitrogens with one attached hydrogen (secondary N) is 5. The minimum absolute atomic E-state index is 0. The number of para-hydroxylation sites is 7.